The summed E-state index contributed by atoms with van der Waals surface area (Å²) in [5, 5.41) is 19.0. The Morgan fingerprint density at radius 1 is 1.56 bits per heavy atom. The van der Waals surface area contributed by atoms with Crippen molar-refractivity contribution >= 4 is 5.91 Å². The molecule has 0 aliphatic rings. The lowest BCUT2D eigenvalue weighted by molar-refractivity contribution is -0.121. The summed E-state index contributed by atoms with van der Waals surface area (Å²) < 4.78 is 1.83. The highest BCUT2D eigenvalue weighted by molar-refractivity contribution is 5.75. The Balaban J connectivity index is 2.11. The molecule has 6 nitrogen and oxygen atoms in total. The van der Waals surface area contributed by atoms with E-state index in [2.05, 4.69) is 15.5 Å². The van der Waals surface area contributed by atoms with Crippen LogP contribution in [-0.2, 0) is 18.3 Å². The number of carbonyl (C=O) groups excluding carboxylic acids is 1. The Morgan fingerprint density at radius 2 is 2.38 bits per heavy atom. The molecule has 0 saturated heterocycles. The fourth-order valence-corrected chi connectivity index (χ4v) is 1.33. The number of unbranched alkanes of at least 4 members (excludes halogenated alkanes) is 1. The number of hydrogen-bond acceptors (Lipinski definition) is 4. The highest BCUT2D eigenvalue weighted by Gasteiger charge is 2.03. The van der Waals surface area contributed by atoms with Gasteiger partial charge in [-0.2, -0.15) is 0 Å². The number of hydrogen-bond donors (Lipinski definition) is 2. The van der Waals surface area contributed by atoms with Gasteiger partial charge in [-0.1, -0.05) is 0 Å². The molecule has 0 spiro atoms. The first kappa shape index (κ1) is 12.6. The molecule has 0 saturated carbocycles. The molecule has 0 fully saturated rings. The zero-order valence-corrected chi connectivity index (χ0v) is 9.52. The van der Waals surface area contributed by atoms with E-state index in [4.69, 9.17) is 5.11 Å². The Kier molecular flexibility index (Phi) is 5.49. The molecule has 0 atom stereocenters. The molecule has 1 heterocycles. The first-order chi connectivity index (χ1) is 7.74. The minimum absolute atomic E-state index is 0.0237. The molecular weight excluding hydrogens is 208 g/mol. The van der Waals surface area contributed by atoms with Crippen LogP contribution < -0.4 is 5.32 Å². The fourth-order valence-electron chi connectivity index (χ4n) is 1.33. The molecule has 0 aliphatic carbocycles. The number of amides is 1. The van der Waals surface area contributed by atoms with Crippen LogP contribution in [0.1, 0.15) is 25.1 Å². The van der Waals surface area contributed by atoms with Gasteiger partial charge in [0.2, 0.25) is 5.91 Å². The first-order valence-electron chi connectivity index (χ1n) is 5.44. The Labute approximate surface area is 94.7 Å². The Hall–Kier alpha value is -1.43. The number of aliphatic hydroxyl groups excluding tert-OH is 1. The van der Waals surface area contributed by atoms with Gasteiger partial charge in [-0.05, 0) is 12.8 Å². The predicted molar refractivity (Wildman–Crippen MR) is 58.7 cm³/mol. The Morgan fingerprint density at radius 3 is 3.00 bits per heavy atom. The van der Waals surface area contributed by atoms with Gasteiger partial charge in [-0.3, -0.25) is 4.79 Å². The van der Waals surface area contributed by atoms with E-state index in [0.717, 1.165) is 12.2 Å². The third-order valence-corrected chi connectivity index (χ3v) is 2.29. The van der Waals surface area contributed by atoms with Crippen molar-refractivity contribution in [2.45, 2.75) is 25.7 Å². The molecule has 0 aliphatic heterocycles. The molecular formula is C10H18N4O2. The second kappa shape index (κ2) is 6.95. The number of aryl methyl sites for hydroxylation is 1. The van der Waals surface area contributed by atoms with Crippen molar-refractivity contribution in [3.63, 3.8) is 0 Å². The van der Waals surface area contributed by atoms with E-state index in [-0.39, 0.29) is 12.5 Å². The maximum absolute atomic E-state index is 11.3. The molecule has 1 aromatic heterocycles. The summed E-state index contributed by atoms with van der Waals surface area (Å²) in [6, 6.07) is 0. The lowest BCUT2D eigenvalue weighted by Crippen LogP contribution is -2.26. The molecule has 6 heteroatoms. The average molecular weight is 226 g/mol. The molecule has 0 bridgehead atoms. The van der Waals surface area contributed by atoms with Crippen molar-refractivity contribution in [2.75, 3.05) is 13.2 Å². The maximum Gasteiger partial charge on any atom is 0.220 e. The predicted octanol–water partition coefficient (Wildman–Crippen LogP) is -0.364. The SMILES string of the molecule is Cn1cnnc1CCNC(=O)CCCCO. The van der Waals surface area contributed by atoms with Gasteiger partial charge in [-0.15, -0.1) is 10.2 Å². The standard InChI is InChI=1S/C10H18N4O2/c1-14-8-12-13-9(14)5-6-11-10(16)4-2-3-7-15/h8,15H,2-7H2,1H3,(H,11,16). The topological polar surface area (TPSA) is 80.0 Å². The van der Waals surface area contributed by atoms with Crippen molar-refractivity contribution in [2.24, 2.45) is 7.05 Å². The lowest BCUT2D eigenvalue weighted by atomic mass is 10.2. The minimum atomic E-state index is 0.0237. The van der Waals surface area contributed by atoms with Gasteiger partial charge in [0.15, 0.2) is 0 Å². The number of rotatable bonds is 7. The van der Waals surface area contributed by atoms with Crippen molar-refractivity contribution in [3.8, 4) is 0 Å². The van der Waals surface area contributed by atoms with Gasteiger partial charge < -0.3 is 15.0 Å². The van der Waals surface area contributed by atoms with Crippen molar-refractivity contribution in [1.82, 2.24) is 20.1 Å². The molecule has 0 unspecified atom stereocenters. The highest BCUT2D eigenvalue weighted by Crippen LogP contribution is 1.95. The van der Waals surface area contributed by atoms with Crippen molar-refractivity contribution < 1.29 is 9.90 Å². The largest absolute Gasteiger partial charge is 0.396 e. The van der Waals surface area contributed by atoms with E-state index in [0.29, 0.717) is 25.8 Å². The molecule has 1 amide bonds. The third-order valence-electron chi connectivity index (χ3n) is 2.29. The molecule has 0 radical (unpaired) electrons. The van der Waals surface area contributed by atoms with Crippen molar-refractivity contribution in [3.05, 3.63) is 12.2 Å². The lowest BCUT2D eigenvalue weighted by Gasteiger charge is -2.04. The van der Waals surface area contributed by atoms with Crippen LogP contribution in [0, 0.1) is 0 Å². The minimum Gasteiger partial charge on any atom is -0.396 e. The van der Waals surface area contributed by atoms with Crippen LogP contribution in [-0.4, -0.2) is 38.9 Å². The second-order valence-corrected chi connectivity index (χ2v) is 3.64. The number of nitrogens with zero attached hydrogens (tertiary/aromatic N) is 3. The van der Waals surface area contributed by atoms with Gasteiger partial charge in [0.1, 0.15) is 12.2 Å². The summed E-state index contributed by atoms with van der Waals surface area (Å²) in [4.78, 5) is 11.3. The summed E-state index contributed by atoms with van der Waals surface area (Å²) in [5.41, 5.74) is 0. The van der Waals surface area contributed by atoms with Gasteiger partial charge in [0, 0.05) is 33.0 Å². The summed E-state index contributed by atoms with van der Waals surface area (Å²) in [5.74, 6) is 0.881. The van der Waals surface area contributed by atoms with E-state index in [1.165, 1.54) is 0 Å². The van der Waals surface area contributed by atoms with E-state index in [9.17, 15) is 4.79 Å². The number of aromatic nitrogens is 3. The van der Waals surface area contributed by atoms with Crippen LogP contribution >= 0.6 is 0 Å². The van der Waals surface area contributed by atoms with E-state index in [1.807, 2.05) is 11.6 Å². The fraction of sp³-hybridized carbons (Fsp3) is 0.700. The van der Waals surface area contributed by atoms with Crippen LogP contribution in [0.4, 0.5) is 0 Å². The molecule has 16 heavy (non-hydrogen) atoms. The van der Waals surface area contributed by atoms with Crippen LogP contribution in [0.5, 0.6) is 0 Å². The van der Waals surface area contributed by atoms with Gasteiger partial charge in [0.25, 0.3) is 0 Å². The normalized spacial score (nSPS) is 10.4. The van der Waals surface area contributed by atoms with Crippen LogP contribution in [0.25, 0.3) is 0 Å². The van der Waals surface area contributed by atoms with E-state index < -0.39 is 0 Å². The molecule has 90 valence electrons. The Bertz CT molecular complexity index is 324. The summed E-state index contributed by atoms with van der Waals surface area (Å²) in [6.07, 6.45) is 4.20. The van der Waals surface area contributed by atoms with Gasteiger partial charge in [-0.25, -0.2) is 0 Å². The second-order valence-electron chi connectivity index (χ2n) is 3.64. The highest BCUT2D eigenvalue weighted by atomic mass is 16.2. The monoisotopic (exact) mass is 226 g/mol. The zero-order chi connectivity index (χ0) is 11.8. The zero-order valence-electron chi connectivity index (χ0n) is 9.52. The summed E-state index contributed by atoms with van der Waals surface area (Å²) in [6.45, 7) is 0.719. The molecule has 1 rings (SSSR count). The van der Waals surface area contributed by atoms with Crippen LogP contribution in [0.15, 0.2) is 6.33 Å². The smallest absolute Gasteiger partial charge is 0.220 e. The summed E-state index contributed by atoms with van der Waals surface area (Å²) in [7, 11) is 1.87. The summed E-state index contributed by atoms with van der Waals surface area (Å²) >= 11 is 0. The molecule has 0 aromatic carbocycles. The van der Waals surface area contributed by atoms with Crippen LogP contribution in [0.2, 0.25) is 0 Å². The quantitative estimate of drug-likeness (QED) is 0.622. The van der Waals surface area contributed by atoms with Gasteiger partial charge in [0.05, 0.1) is 0 Å². The first-order valence-corrected chi connectivity index (χ1v) is 5.44. The average Bonchev–Trinajstić information content (AvgIpc) is 2.65. The van der Waals surface area contributed by atoms with Crippen molar-refractivity contribution in [1.29, 1.82) is 0 Å². The molecule has 1 aromatic rings. The van der Waals surface area contributed by atoms with Crippen LogP contribution in [0.3, 0.4) is 0 Å². The van der Waals surface area contributed by atoms with E-state index in [1.54, 1.807) is 6.33 Å². The molecule has 2 N–H and O–H groups in total. The number of aliphatic hydroxyl groups is 1. The van der Waals surface area contributed by atoms with Gasteiger partial charge >= 0.3 is 0 Å². The maximum atomic E-state index is 11.3. The third kappa shape index (κ3) is 4.39. The number of carbonyl (C=O) groups is 1. The number of nitrogens with one attached hydrogen (secondary N) is 1. The van der Waals surface area contributed by atoms with E-state index >= 15 is 0 Å².